The molecule has 0 saturated carbocycles. The Morgan fingerprint density at radius 3 is 1.91 bits per heavy atom. The summed E-state index contributed by atoms with van der Waals surface area (Å²) in [6.07, 6.45) is 1.55. The second-order valence-electron chi connectivity index (χ2n) is 6.33. The van der Waals surface area contributed by atoms with E-state index in [-0.39, 0.29) is 11.8 Å². The molecule has 0 radical (unpaired) electrons. The Hall–Kier alpha value is -1.14. The molecule has 23 heavy (non-hydrogen) atoms. The SMILES string of the molecule is CCN(CC)C(=O)CN1CCN(C(=O)C(CC)(CC)CN)CC1. The highest BCUT2D eigenvalue weighted by Gasteiger charge is 2.37. The molecule has 0 aromatic carbocycles. The van der Waals surface area contributed by atoms with Crippen LogP contribution in [0.1, 0.15) is 40.5 Å². The lowest BCUT2D eigenvalue weighted by atomic mass is 9.81. The van der Waals surface area contributed by atoms with Gasteiger partial charge < -0.3 is 15.5 Å². The van der Waals surface area contributed by atoms with Crippen LogP contribution in [0.15, 0.2) is 0 Å². The number of carbonyl (C=O) groups excluding carboxylic acids is 2. The van der Waals surface area contributed by atoms with Gasteiger partial charge in [0.1, 0.15) is 0 Å². The van der Waals surface area contributed by atoms with Crippen molar-refractivity contribution in [3.8, 4) is 0 Å². The van der Waals surface area contributed by atoms with Gasteiger partial charge in [0.05, 0.1) is 12.0 Å². The number of amides is 2. The number of nitrogens with zero attached hydrogens (tertiary/aromatic N) is 3. The van der Waals surface area contributed by atoms with Crippen LogP contribution in [-0.4, -0.2) is 78.9 Å². The molecule has 0 aliphatic carbocycles. The number of hydrogen-bond donors (Lipinski definition) is 1. The third-order valence-electron chi connectivity index (χ3n) is 5.33. The van der Waals surface area contributed by atoms with E-state index < -0.39 is 5.41 Å². The van der Waals surface area contributed by atoms with E-state index in [1.54, 1.807) is 0 Å². The van der Waals surface area contributed by atoms with Gasteiger partial charge >= 0.3 is 0 Å². The van der Waals surface area contributed by atoms with Gasteiger partial charge in [0.15, 0.2) is 0 Å². The topological polar surface area (TPSA) is 69.9 Å². The Morgan fingerprint density at radius 2 is 1.52 bits per heavy atom. The Kier molecular flexibility index (Phi) is 7.99. The summed E-state index contributed by atoms with van der Waals surface area (Å²) in [6, 6.07) is 0. The highest BCUT2D eigenvalue weighted by molar-refractivity contribution is 5.83. The van der Waals surface area contributed by atoms with Crippen molar-refractivity contribution >= 4 is 11.8 Å². The largest absolute Gasteiger partial charge is 0.342 e. The van der Waals surface area contributed by atoms with E-state index in [0.29, 0.717) is 26.2 Å². The molecule has 6 heteroatoms. The molecule has 0 aromatic rings. The van der Waals surface area contributed by atoms with Crippen molar-refractivity contribution in [2.24, 2.45) is 11.1 Å². The molecule has 0 bridgehead atoms. The zero-order chi connectivity index (χ0) is 17.5. The molecule has 0 spiro atoms. The molecule has 6 nitrogen and oxygen atoms in total. The first-order valence-corrected chi connectivity index (χ1v) is 8.97. The minimum Gasteiger partial charge on any atom is -0.342 e. The molecule has 0 unspecified atom stereocenters. The van der Waals surface area contributed by atoms with Gasteiger partial charge in [-0.05, 0) is 26.7 Å². The summed E-state index contributed by atoms with van der Waals surface area (Å²) in [7, 11) is 0. The zero-order valence-corrected chi connectivity index (χ0v) is 15.3. The van der Waals surface area contributed by atoms with Crippen LogP contribution >= 0.6 is 0 Å². The minimum absolute atomic E-state index is 0.174. The second-order valence-corrected chi connectivity index (χ2v) is 6.33. The van der Waals surface area contributed by atoms with Crippen LogP contribution in [0.3, 0.4) is 0 Å². The fourth-order valence-corrected chi connectivity index (χ4v) is 3.24. The lowest BCUT2D eigenvalue weighted by Crippen LogP contribution is -2.56. The van der Waals surface area contributed by atoms with Gasteiger partial charge in [-0.25, -0.2) is 0 Å². The molecule has 134 valence electrons. The number of carbonyl (C=O) groups is 2. The maximum atomic E-state index is 12.8. The third-order valence-corrected chi connectivity index (χ3v) is 5.33. The number of nitrogens with two attached hydrogens (primary N) is 1. The van der Waals surface area contributed by atoms with Crippen molar-refractivity contribution in [2.45, 2.75) is 40.5 Å². The van der Waals surface area contributed by atoms with Crippen LogP contribution in [0, 0.1) is 5.41 Å². The van der Waals surface area contributed by atoms with E-state index >= 15 is 0 Å². The molecule has 1 rings (SSSR count). The molecule has 1 fully saturated rings. The Balaban J connectivity index is 2.55. The highest BCUT2D eigenvalue weighted by Crippen LogP contribution is 2.28. The lowest BCUT2D eigenvalue weighted by Gasteiger charge is -2.40. The average Bonchev–Trinajstić information content (AvgIpc) is 2.58. The van der Waals surface area contributed by atoms with Crippen LogP contribution in [-0.2, 0) is 9.59 Å². The number of piperazine rings is 1. The van der Waals surface area contributed by atoms with Gasteiger partial charge in [0.2, 0.25) is 11.8 Å². The predicted molar refractivity (Wildman–Crippen MR) is 93.0 cm³/mol. The highest BCUT2D eigenvalue weighted by atomic mass is 16.2. The second kappa shape index (κ2) is 9.23. The van der Waals surface area contributed by atoms with Crippen molar-refractivity contribution in [1.82, 2.24) is 14.7 Å². The molecule has 1 aliphatic heterocycles. The summed E-state index contributed by atoms with van der Waals surface area (Å²) in [5, 5.41) is 0. The number of likely N-dealkylation sites (N-methyl/N-ethyl adjacent to an activating group) is 1. The zero-order valence-electron chi connectivity index (χ0n) is 15.3. The fraction of sp³-hybridized carbons (Fsp3) is 0.882. The van der Waals surface area contributed by atoms with Gasteiger partial charge in [0.25, 0.3) is 0 Å². The van der Waals surface area contributed by atoms with Crippen molar-refractivity contribution in [3.05, 3.63) is 0 Å². The third kappa shape index (κ3) is 4.67. The Morgan fingerprint density at radius 1 is 1.00 bits per heavy atom. The lowest BCUT2D eigenvalue weighted by molar-refractivity contribution is -0.144. The van der Waals surface area contributed by atoms with Gasteiger partial charge in [-0.2, -0.15) is 0 Å². The Labute approximate surface area is 141 Å². The summed E-state index contributed by atoms with van der Waals surface area (Å²) in [5.41, 5.74) is 5.47. The van der Waals surface area contributed by atoms with Gasteiger partial charge in [-0.15, -0.1) is 0 Å². The van der Waals surface area contributed by atoms with E-state index in [1.165, 1.54) is 0 Å². The maximum absolute atomic E-state index is 12.8. The minimum atomic E-state index is -0.417. The summed E-state index contributed by atoms with van der Waals surface area (Å²) in [5.74, 6) is 0.355. The van der Waals surface area contributed by atoms with Gasteiger partial charge in [-0.3, -0.25) is 14.5 Å². The summed E-state index contributed by atoms with van der Waals surface area (Å²) in [4.78, 5) is 30.9. The molecular formula is C17H34N4O2. The van der Waals surface area contributed by atoms with E-state index in [2.05, 4.69) is 4.90 Å². The molecule has 1 saturated heterocycles. The number of hydrogen-bond acceptors (Lipinski definition) is 4. The summed E-state index contributed by atoms with van der Waals surface area (Å²) in [6.45, 7) is 13.3. The van der Waals surface area contributed by atoms with Crippen LogP contribution in [0.4, 0.5) is 0 Å². The molecule has 1 heterocycles. The van der Waals surface area contributed by atoms with E-state index in [0.717, 1.165) is 39.0 Å². The van der Waals surface area contributed by atoms with Crippen molar-refractivity contribution < 1.29 is 9.59 Å². The van der Waals surface area contributed by atoms with Gasteiger partial charge in [-0.1, -0.05) is 13.8 Å². The van der Waals surface area contributed by atoms with E-state index in [9.17, 15) is 9.59 Å². The van der Waals surface area contributed by atoms with Crippen LogP contribution in [0.25, 0.3) is 0 Å². The molecule has 1 aliphatic rings. The smallest absolute Gasteiger partial charge is 0.236 e. The first-order chi connectivity index (χ1) is 11.0. The monoisotopic (exact) mass is 326 g/mol. The fourth-order valence-electron chi connectivity index (χ4n) is 3.24. The standard InChI is InChI=1S/C17H34N4O2/c1-5-17(6-2,14-18)16(23)21-11-9-19(10-12-21)13-15(22)20(7-3)8-4/h5-14,18H2,1-4H3. The molecule has 2 N–H and O–H groups in total. The quantitative estimate of drug-likeness (QED) is 0.715. The van der Waals surface area contributed by atoms with Crippen molar-refractivity contribution in [2.75, 3.05) is 52.4 Å². The summed E-state index contributed by atoms with van der Waals surface area (Å²) >= 11 is 0. The average molecular weight is 326 g/mol. The predicted octanol–water partition coefficient (Wildman–Crippen LogP) is 0.764. The van der Waals surface area contributed by atoms with E-state index in [4.69, 9.17) is 5.73 Å². The van der Waals surface area contributed by atoms with Gasteiger partial charge in [0, 0.05) is 45.8 Å². The number of rotatable bonds is 8. The summed E-state index contributed by atoms with van der Waals surface area (Å²) < 4.78 is 0. The maximum Gasteiger partial charge on any atom is 0.236 e. The Bertz CT molecular complexity index is 376. The molecule has 0 aromatic heterocycles. The first kappa shape index (κ1) is 19.9. The van der Waals surface area contributed by atoms with Crippen molar-refractivity contribution in [3.63, 3.8) is 0 Å². The first-order valence-electron chi connectivity index (χ1n) is 8.97. The van der Waals surface area contributed by atoms with Crippen LogP contribution < -0.4 is 5.73 Å². The van der Waals surface area contributed by atoms with E-state index in [1.807, 2.05) is 37.5 Å². The van der Waals surface area contributed by atoms with Crippen molar-refractivity contribution in [1.29, 1.82) is 0 Å². The molecule has 0 atom stereocenters. The van der Waals surface area contributed by atoms with Crippen LogP contribution in [0.2, 0.25) is 0 Å². The molecule has 2 amide bonds. The van der Waals surface area contributed by atoms with Crippen LogP contribution in [0.5, 0.6) is 0 Å². The normalized spacial score (nSPS) is 16.5. The molecular weight excluding hydrogens is 292 g/mol.